The number of nitrogens with one attached hydrogen (secondary N) is 1. The van der Waals surface area contributed by atoms with Crippen molar-refractivity contribution < 1.29 is 14.3 Å². The number of para-hydroxylation sites is 1. The van der Waals surface area contributed by atoms with Gasteiger partial charge in [0.15, 0.2) is 0 Å². The van der Waals surface area contributed by atoms with Crippen molar-refractivity contribution in [3.05, 3.63) is 76.3 Å². The average Bonchev–Trinajstić information content (AvgIpc) is 3.02. The molecule has 0 saturated carbocycles. The molecule has 2 aromatic heterocycles. The number of amides is 1. The van der Waals surface area contributed by atoms with Crippen LogP contribution in [0.2, 0.25) is 0 Å². The molecule has 1 amide bonds. The fourth-order valence-corrected chi connectivity index (χ4v) is 4.93. The van der Waals surface area contributed by atoms with Gasteiger partial charge in [0, 0.05) is 56.7 Å². The molecule has 4 heterocycles. The van der Waals surface area contributed by atoms with Crippen LogP contribution in [0.15, 0.2) is 59.5 Å². The fourth-order valence-electron chi connectivity index (χ4n) is 4.93. The Kier molecular flexibility index (Phi) is 7.51. The summed E-state index contributed by atoms with van der Waals surface area (Å²) in [5, 5.41) is 0.979. The first-order valence-corrected chi connectivity index (χ1v) is 12.3. The number of benzene rings is 1. The first-order chi connectivity index (χ1) is 17.1. The molecular formula is C27H32N4O4. The number of aromatic nitrogens is 2. The second-order valence-electron chi connectivity index (χ2n) is 9.49. The maximum Gasteiger partial charge on any atom is 0.252 e. The maximum atomic E-state index is 13.3. The summed E-state index contributed by atoms with van der Waals surface area (Å²) >= 11 is 0. The van der Waals surface area contributed by atoms with Crippen LogP contribution in [-0.2, 0) is 27.4 Å². The van der Waals surface area contributed by atoms with Crippen LogP contribution in [-0.4, -0.2) is 71.2 Å². The summed E-state index contributed by atoms with van der Waals surface area (Å²) in [6.07, 6.45) is 3.52. The van der Waals surface area contributed by atoms with E-state index in [1.54, 1.807) is 6.20 Å². The molecule has 8 heteroatoms. The van der Waals surface area contributed by atoms with Crippen molar-refractivity contribution in [3.63, 3.8) is 0 Å². The number of carbonyl (C=O) groups excluding carboxylic acids is 1. The van der Waals surface area contributed by atoms with Crippen molar-refractivity contribution in [2.75, 3.05) is 39.4 Å². The Morgan fingerprint density at radius 3 is 2.71 bits per heavy atom. The van der Waals surface area contributed by atoms with E-state index in [1.807, 2.05) is 58.3 Å². The Morgan fingerprint density at radius 1 is 1.06 bits per heavy atom. The van der Waals surface area contributed by atoms with Crippen LogP contribution in [0.1, 0.15) is 24.1 Å². The molecule has 2 aliphatic heterocycles. The molecule has 1 atom stereocenters. The summed E-state index contributed by atoms with van der Waals surface area (Å²) in [5.41, 5.74) is 2.20. The van der Waals surface area contributed by atoms with Gasteiger partial charge < -0.3 is 19.4 Å². The molecule has 3 aromatic rings. The van der Waals surface area contributed by atoms with Crippen LogP contribution in [0.3, 0.4) is 0 Å². The number of rotatable bonds is 7. The van der Waals surface area contributed by atoms with Crippen LogP contribution in [0.5, 0.6) is 0 Å². The van der Waals surface area contributed by atoms with Crippen LogP contribution in [0.4, 0.5) is 0 Å². The molecule has 1 aromatic carbocycles. The molecule has 0 spiro atoms. The van der Waals surface area contributed by atoms with E-state index in [1.165, 1.54) is 0 Å². The summed E-state index contributed by atoms with van der Waals surface area (Å²) in [6, 6.07) is 15.4. The number of hydrogen-bond donors (Lipinski definition) is 1. The van der Waals surface area contributed by atoms with E-state index in [-0.39, 0.29) is 24.1 Å². The van der Waals surface area contributed by atoms with E-state index in [2.05, 4.69) is 9.97 Å². The summed E-state index contributed by atoms with van der Waals surface area (Å²) in [7, 11) is 0. The maximum absolute atomic E-state index is 13.3. The Hall–Kier alpha value is -3.07. The minimum atomic E-state index is -0.178. The van der Waals surface area contributed by atoms with E-state index in [0.717, 1.165) is 49.2 Å². The van der Waals surface area contributed by atoms with E-state index < -0.39 is 0 Å². The van der Waals surface area contributed by atoms with Crippen molar-refractivity contribution in [3.8, 4) is 0 Å². The van der Waals surface area contributed by atoms with Crippen molar-refractivity contribution in [1.82, 2.24) is 19.8 Å². The molecule has 0 bridgehead atoms. The third-order valence-electron chi connectivity index (χ3n) is 6.83. The highest BCUT2D eigenvalue weighted by molar-refractivity contribution is 5.79. The van der Waals surface area contributed by atoms with E-state index >= 15 is 0 Å². The second-order valence-corrected chi connectivity index (χ2v) is 9.49. The lowest BCUT2D eigenvalue weighted by atomic mass is 9.99. The first kappa shape index (κ1) is 23.7. The quantitative estimate of drug-likeness (QED) is 0.564. The van der Waals surface area contributed by atoms with Gasteiger partial charge >= 0.3 is 0 Å². The highest BCUT2D eigenvalue weighted by Crippen LogP contribution is 2.20. The molecule has 2 saturated heterocycles. The smallest absolute Gasteiger partial charge is 0.252 e. The largest absolute Gasteiger partial charge is 0.381 e. The van der Waals surface area contributed by atoms with Gasteiger partial charge in [-0.3, -0.25) is 19.5 Å². The van der Waals surface area contributed by atoms with Crippen LogP contribution in [0.25, 0.3) is 10.9 Å². The van der Waals surface area contributed by atoms with Crippen molar-refractivity contribution in [1.29, 1.82) is 0 Å². The Bertz CT molecular complexity index is 1190. The number of ether oxygens (including phenoxy) is 2. The van der Waals surface area contributed by atoms with Gasteiger partial charge in [0.25, 0.3) is 5.56 Å². The number of H-pyrrole nitrogens is 1. The number of fused-ring (bicyclic) bond motifs is 1. The van der Waals surface area contributed by atoms with Gasteiger partial charge in [0.2, 0.25) is 5.91 Å². The molecule has 5 rings (SSSR count). The predicted molar refractivity (Wildman–Crippen MR) is 133 cm³/mol. The standard InChI is InChI=1S/C27H32N4O4/c32-26-18-30(15-22-13-21-5-1-2-7-25(21)29-27(22)33)16-24(35-19-23-6-3-4-10-28-23)17-31(26)14-20-8-11-34-12-9-20/h1-7,10,13,20,24H,8-9,11-12,14-19H2,(H,29,33)/t24-/m0/s1. The number of hydrogen-bond acceptors (Lipinski definition) is 6. The molecule has 184 valence electrons. The number of pyridine rings is 2. The minimum Gasteiger partial charge on any atom is -0.381 e. The molecule has 0 unspecified atom stereocenters. The van der Waals surface area contributed by atoms with Crippen molar-refractivity contribution in [2.45, 2.75) is 32.1 Å². The highest BCUT2D eigenvalue weighted by Gasteiger charge is 2.31. The third kappa shape index (κ3) is 6.14. The minimum absolute atomic E-state index is 0.0812. The van der Waals surface area contributed by atoms with Gasteiger partial charge in [-0.1, -0.05) is 24.3 Å². The molecule has 2 aliphatic rings. The van der Waals surface area contributed by atoms with E-state index in [0.29, 0.717) is 37.7 Å². The van der Waals surface area contributed by atoms with Gasteiger partial charge in [0.05, 0.1) is 24.9 Å². The number of aromatic amines is 1. The number of nitrogens with zero attached hydrogens (tertiary/aromatic N) is 3. The van der Waals surface area contributed by atoms with E-state index in [4.69, 9.17) is 9.47 Å². The highest BCUT2D eigenvalue weighted by atomic mass is 16.5. The van der Waals surface area contributed by atoms with Crippen LogP contribution < -0.4 is 5.56 Å². The summed E-state index contributed by atoms with van der Waals surface area (Å²) in [6.45, 7) is 4.36. The molecule has 2 fully saturated rings. The zero-order valence-electron chi connectivity index (χ0n) is 19.9. The Labute approximate surface area is 204 Å². The monoisotopic (exact) mass is 476 g/mol. The Morgan fingerprint density at radius 2 is 1.89 bits per heavy atom. The lowest BCUT2D eigenvalue weighted by Gasteiger charge is -2.30. The fraction of sp³-hybridized carbons (Fsp3) is 0.444. The van der Waals surface area contributed by atoms with Crippen LogP contribution >= 0.6 is 0 Å². The summed E-state index contributed by atoms with van der Waals surface area (Å²) in [4.78, 5) is 37.4. The molecule has 0 radical (unpaired) electrons. The van der Waals surface area contributed by atoms with Gasteiger partial charge in [-0.05, 0) is 48.4 Å². The SMILES string of the molecule is O=C1CN(Cc2cc3ccccc3[nH]c2=O)C[C@H](OCc2ccccn2)CN1CC1CCOCC1. The van der Waals surface area contributed by atoms with Gasteiger partial charge in [-0.15, -0.1) is 0 Å². The lowest BCUT2D eigenvalue weighted by Crippen LogP contribution is -2.42. The topological polar surface area (TPSA) is 87.8 Å². The zero-order chi connectivity index (χ0) is 24.0. The van der Waals surface area contributed by atoms with Gasteiger partial charge in [0.1, 0.15) is 0 Å². The molecule has 35 heavy (non-hydrogen) atoms. The molecule has 8 nitrogen and oxygen atoms in total. The predicted octanol–water partition coefficient (Wildman–Crippen LogP) is 2.58. The zero-order valence-corrected chi connectivity index (χ0v) is 19.9. The van der Waals surface area contributed by atoms with Crippen LogP contribution in [0, 0.1) is 5.92 Å². The normalized spacial score (nSPS) is 20.3. The first-order valence-electron chi connectivity index (χ1n) is 12.3. The second kappa shape index (κ2) is 11.1. The van der Waals surface area contributed by atoms with Gasteiger partial charge in [-0.2, -0.15) is 0 Å². The van der Waals surface area contributed by atoms with Gasteiger partial charge in [-0.25, -0.2) is 0 Å². The molecule has 0 aliphatic carbocycles. The Balaban J connectivity index is 1.33. The lowest BCUT2D eigenvalue weighted by molar-refractivity contribution is -0.133. The summed E-state index contributed by atoms with van der Waals surface area (Å²) < 4.78 is 11.8. The molecule has 1 N–H and O–H groups in total. The van der Waals surface area contributed by atoms with Crippen molar-refractivity contribution in [2.24, 2.45) is 5.92 Å². The number of carbonyl (C=O) groups is 1. The van der Waals surface area contributed by atoms with E-state index in [9.17, 15) is 9.59 Å². The third-order valence-corrected chi connectivity index (χ3v) is 6.83. The summed E-state index contributed by atoms with van der Waals surface area (Å²) in [5.74, 6) is 0.525. The van der Waals surface area contributed by atoms with Crippen molar-refractivity contribution >= 4 is 16.8 Å². The average molecular weight is 477 g/mol. The molecular weight excluding hydrogens is 444 g/mol.